The summed E-state index contributed by atoms with van der Waals surface area (Å²) in [6.45, 7) is 8.82. The second-order valence-corrected chi connectivity index (χ2v) is 12.6. The molecule has 0 radical (unpaired) electrons. The third-order valence-corrected chi connectivity index (χ3v) is 8.90. The van der Waals surface area contributed by atoms with Gasteiger partial charge in [-0.15, -0.1) is 0 Å². The lowest BCUT2D eigenvalue weighted by atomic mass is 10.1. The number of aryl methyl sites for hydroxylation is 2. The molecule has 3 aromatic carbocycles. The zero-order valence-electron chi connectivity index (χ0n) is 23.6. The van der Waals surface area contributed by atoms with Gasteiger partial charge in [0.15, 0.2) is 0 Å². The average molecular weight is 631 g/mol. The van der Waals surface area contributed by atoms with Crippen LogP contribution in [0.2, 0.25) is 0 Å². The molecule has 1 atom stereocenters. The first kappa shape index (κ1) is 31.2. The number of benzene rings is 3. The summed E-state index contributed by atoms with van der Waals surface area (Å²) >= 11 is 3.36. The van der Waals surface area contributed by atoms with Crippen molar-refractivity contribution < 1.29 is 22.7 Å². The summed E-state index contributed by atoms with van der Waals surface area (Å²) in [5.74, 6) is -0.349. The molecule has 0 aliphatic rings. The highest BCUT2D eigenvalue weighted by Gasteiger charge is 2.33. The summed E-state index contributed by atoms with van der Waals surface area (Å²) in [5, 5.41) is 2.86. The van der Waals surface area contributed by atoms with E-state index in [9.17, 15) is 18.0 Å². The highest BCUT2D eigenvalue weighted by atomic mass is 79.9. The molecule has 3 aromatic rings. The highest BCUT2D eigenvalue weighted by molar-refractivity contribution is 9.10. The first-order valence-electron chi connectivity index (χ1n) is 12.9. The van der Waals surface area contributed by atoms with Crippen LogP contribution in [0.1, 0.15) is 37.5 Å². The molecule has 1 N–H and O–H groups in total. The first-order valence-corrected chi connectivity index (χ1v) is 15.2. The summed E-state index contributed by atoms with van der Waals surface area (Å²) < 4.78 is 34.8. The van der Waals surface area contributed by atoms with Crippen molar-refractivity contribution in [1.29, 1.82) is 0 Å². The van der Waals surface area contributed by atoms with Gasteiger partial charge >= 0.3 is 0 Å². The van der Waals surface area contributed by atoms with Crippen molar-refractivity contribution in [3.05, 3.63) is 87.9 Å². The van der Waals surface area contributed by atoms with Gasteiger partial charge in [-0.05, 0) is 92.0 Å². The fourth-order valence-electron chi connectivity index (χ4n) is 4.13. The number of amides is 2. The second kappa shape index (κ2) is 13.3. The Kier molecular flexibility index (Phi) is 10.4. The normalized spacial score (nSPS) is 12.1. The summed E-state index contributed by atoms with van der Waals surface area (Å²) in [6.07, 6.45) is 0. The van der Waals surface area contributed by atoms with Crippen molar-refractivity contribution in [1.82, 2.24) is 10.2 Å². The van der Waals surface area contributed by atoms with Crippen LogP contribution in [-0.2, 0) is 26.2 Å². The first-order chi connectivity index (χ1) is 18.8. The van der Waals surface area contributed by atoms with Crippen molar-refractivity contribution in [2.24, 2.45) is 0 Å². The number of hydrogen-bond donors (Lipinski definition) is 1. The van der Waals surface area contributed by atoms with Gasteiger partial charge in [-0.2, -0.15) is 0 Å². The average Bonchev–Trinajstić information content (AvgIpc) is 2.90. The molecule has 0 aromatic heterocycles. The van der Waals surface area contributed by atoms with Crippen LogP contribution in [0.3, 0.4) is 0 Å². The Morgan fingerprint density at radius 2 is 1.62 bits per heavy atom. The molecule has 0 saturated carbocycles. The van der Waals surface area contributed by atoms with Crippen LogP contribution in [0.25, 0.3) is 0 Å². The maximum Gasteiger partial charge on any atom is 0.264 e. The van der Waals surface area contributed by atoms with Gasteiger partial charge in [-0.3, -0.25) is 13.9 Å². The fraction of sp³-hybridized carbons (Fsp3) is 0.333. The van der Waals surface area contributed by atoms with Gasteiger partial charge in [0.05, 0.1) is 22.2 Å². The van der Waals surface area contributed by atoms with Crippen molar-refractivity contribution in [2.75, 3.05) is 18.0 Å². The number of hydrogen-bond acceptors (Lipinski definition) is 5. The van der Waals surface area contributed by atoms with Gasteiger partial charge in [0.25, 0.3) is 10.0 Å². The monoisotopic (exact) mass is 629 g/mol. The van der Waals surface area contributed by atoms with E-state index in [-0.39, 0.29) is 23.4 Å². The van der Waals surface area contributed by atoms with Crippen molar-refractivity contribution in [3.8, 4) is 5.75 Å². The minimum absolute atomic E-state index is 0.00963. The lowest BCUT2D eigenvalue weighted by molar-refractivity contribution is -0.139. The van der Waals surface area contributed by atoms with Gasteiger partial charge in [-0.1, -0.05) is 42.0 Å². The number of rotatable bonds is 11. The Hall–Kier alpha value is -3.37. The largest absolute Gasteiger partial charge is 0.496 e. The van der Waals surface area contributed by atoms with Crippen molar-refractivity contribution in [3.63, 3.8) is 0 Å². The van der Waals surface area contributed by atoms with Crippen LogP contribution in [0.15, 0.2) is 76.1 Å². The molecule has 0 spiro atoms. The maximum absolute atomic E-state index is 14.0. The van der Waals surface area contributed by atoms with E-state index in [1.165, 1.54) is 24.1 Å². The van der Waals surface area contributed by atoms with Gasteiger partial charge in [-0.25, -0.2) is 8.42 Å². The number of carbonyl (C=O) groups excluding carboxylic acids is 2. The third-order valence-electron chi connectivity index (χ3n) is 6.51. The molecule has 2 amide bonds. The van der Waals surface area contributed by atoms with E-state index >= 15 is 0 Å². The molecule has 0 aliphatic heterocycles. The van der Waals surface area contributed by atoms with Gasteiger partial charge in [0.2, 0.25) is 11.8 Å². The van der Waals surface area contributed by atoms with Crippen LogP contribution in [0.5, 0.6) is 5.75 Å². The van der Waals surface area contributed by atoms with Gasteiger partial charge in [0, 0.05) is 12.6 Å². The van der Waals surface area contributed by atoms with E-state index in [0.29, 0.717) is 15.9 Å². The summed E-state index contributed by atoms with van der Waals surface area (Å²) in [4.78, 5) is 28.4. The van der Waals surface area contributed by atoms with Crippen LogP contribution < -0.4 is 14.4 Å². The molecule has 214 valence electrons. The van der Waals surface area contributed by atoms with Crippen LogP contribution in [-0.4, -0.2) is 50.9 Å². The Balaban J connectivity index is 2.06. The van der Waals surface area contributed by atoms with Crippen molar-refractivity contribution in [2.45, 2.75) is 58.1 Å². The number of nitrogens with one attached hydrogen (secondary N) is 1. The molecule has 3 rings (SSSR count). The smallest absolute Gasteiger partial charge is 0.264 e. The van der Waals surface area contributed by atoms with Crippen LogP contribution in [0.4, 0.5) is 5.69 Å². The number of anilines is 1. The fourth-order valence-corrected chi connectivity index (χ4v) is 6.27. The Bertz CT molecular complexity index is 1460. The Morgan fingerprint density at radius 3 is 2.20 bits per heavy atom. The zero-order valence-corrected chi connectivity index (χ0v) is 26.0. The minimum Gasteiger partial charge on any atom is -0.496 e. The Labute approximate surface area is 245 Å². The summed E-state index contributed by atoms with van der Waals surface area (Å²) in [6, 6.07) is 18.0. The van der Waals surface area contributed by atoms with Gasteiger partial charge < -0.3 is 15.0 Å². The SMILES string of the molecule is COc1ccc(S(=O)(=O)N(CC(=O)N(Cc2ccccc2C)C(C)C(=O)NC(C)C)c2ccc(C)cc2)cc1Br. The lowest BCUT2D eigenvalue weighted by Crippen LogP contribution is -2.52. The molecule has 8 nitrogen and oxygen atoms in total. The summed E-state index contributed by atoms with van der Waals surface area (Å²) in [5.41, 5.74) is 3.10. The van der Waals surface area contributed by atoms with E-state index in [0.717, 1.165) is 21.0 Å². The quantitative estimate of drug-likeness (QED) is 0.314. The predicted molar refractivity (Wildman–Crippen MR) is 161 cm³/mol. The maximum atomic E-state index is 14.0. The number of ether oxygens (including phenoxy) is 1. The molecular weight excluding hydrogens is 594 g/mol. The van der Waals surface area contributed by atoms with E-state index < -0.39 is 28.5 Å². The molecule has 0 bridgehead atoms. The van der Waals surface area contributed by atoms with Crippen LogP contribution in [0, 0.1) is 13.8 Å². The Morgan fingerprint density at radius 1 is 0.975 bits per heavy atom. The zero-order chi connectivity index (χ0) is 29.6. The molecule has 0 fully saturated rings. The summed E-state index contributed by atoms with van der Waals surface area (Å²) in [7, 11) is -2.70. The molecule has 0 heterocycles. The number of sulfonamides is 1. The third kappa shape index (κ3) is 7.42. The molecule has 40 heavy (non-hydrogen) atoms. The molecule has 0 aliphatic carbocycles. The van der Waals surface area contributed by atoms with E-state index in [4.69, 9.17) is 4.74 Å². The molecule has 10 heteroatoms. The predicted octanol–water partition coefficient (Wildman–Crippen LogP) is 5.21. The van der Waals surface area contributed by atoms with E-state index in [1.807, 2.05) is 52.0 Å². The number of halogens is 1. The van der Waals surface area contributed by atoms with E-state index in [2.05, 4.69) is 21.2 Å². The standard InChI is InChI=1S/C30H36BrN3O5S/c1-20(2)32-30(36)23(5)33(18-24-10-8-7-9-22(24)4)29(35)19-34(25-13-11-21(3)12-14-25)40(37,38)26-15-16-28(39-6)27(31)17-26/h7-17,20,23H,18-19H2,1-6H3,(H,32,36). The van der Waals surface area contributed by atoms with E-state index in [1.54, 1.807) is 37.3 Å². The van der Waals surface area contributed by atoms with Gasteiger partial charge in [0.1, 0.15) is 18.3 Å². The number of nitrogens with zero attached hydrogens (tertiary/aromatic N) is 2. The molecular formula is C30H36BrN3O5S. The lowest BCUT2D eigenvalue weighted by Gasteiger charge is -2.32. The molecule has 1 unspecified atom stereocenters. The number of methoxy groups -OCH3 is 1. The van der Waals surface area contributed by atoms with Crippen molar-refractivity contribution >= 4 is 43.5 Å². The topological polar surface area (TPSA) is 96.0 Å². The second-order valence-electron chi connectivity index (χ2n) is 9.93. The number of carbonyl (C=O) groups is 2. The molecule has 0 saturated heterocycles. The van der Waals surface area contributed by atoms with Crippen LogP contribution >= 0.6 is 15.9 Å². The highest BCUT2D eigenvalue weighted by Crippen LogP contribution is 2.31. The minimum atomic E-state index is -4.19.